The third-order valence-electron chi connectivity index (χ3n) is 3.70. The van der Waals surface area contributed by atoms with Gasteiger partial charge in [-0.3, -0.25) is 4.68 Å². The van der Waals surface area contributed by atoms with Crippen LogP contribution in [0.3, 0.4) is 0 Å². The molecule has 5 nitrogen and oxygen atoms in total. The van der Waals surface area contributed by atoms with E-state index in [2.05, 4.69) is 28.9 Å². The van der Waals surface area contributed by atoms with Crippen molar-refractivity contribution in [2.45, 2.75) is 52.0 Å². The van der Waals surface area contributed by atoms with E-state index in [0.717, 1.165) is 39.1 Å². The molecule has 0 amide bonds. The van der Waals surface area contributed by atoms with Gasteiger partial charge in [0.05, 0.1) is 31.6 Å². The van der Waals surface area contributed by atoms with E-state index in [1.807, 2.05) is 6.20 Å². The molecule has 19 heavy (non-hydrogen) atoms. The van der Waals surface area contributed by atoms with Gasteiger partial charge in [0, 0.05) is 31.5 Å². The van der Waals surface area contributed by atoms with Gasteiger partial charge in [0.25, 0.3) is 0 Å². The molecule has 1 aliphatic heterocycles. The summed E-state index contributed by atoms with van der Waals surface area (Å²) in [6.07, 6.45) is 4.98. The van der Waals surface area contributed by atoms with E-state index in [9.17, 15) is 0 Å². The lowest BCUT2D eigenvalue weighted by molar-refractivity contribution is 0.0433. The largest absolute Gasteiger partial charge is 0.383 e. The second-order valence-corrected chi connectivity index (χ2v) is 5.25. The summed E-state index contributed by atoms with van der Waals surface area (Å²) >= 11 is 0. The van der Waals surface area contributed by atoms with Crippen molar-refractivity contribution in [1.82, 2.24) is 15.1 Å². The zero-order valence-electron chi connectivity index (χ0n) is 12.2. The number of ether oxygens (including phenoxy) is 2. The number of nitrogens with zero attached hydrogens (tertiary/aromatic N) is 2. The summed E-state index contributed by atoms with van der Waals surface area (Å²) in [6.45, 7) is 7.58. The van der Waals surface area contributed by atoms with Crippen LogP contribution in [0.15, 0.2) is 6.20 Å². The zero-order chi connectivity index (χ0) is 13.7. The molecular weight excluding hydrogens is 242 g/mol. The lowest BCUT2D eigenvalue weighted by Crippen LogP contribution is -2.20. The molecule has 1 fully saturated rings. The number of methoxy groups -OCH3 is 1. The van der Waals surface area contributed by atoms with Gasteiger partial charge in [-0.2, -0.15) is 5.10 Å². The Labute approximate surface area is 115 Å². The summed E-state index contributed by atoms with van der Waals surface area (Å²) in [4.78, 5) is 0. The molecular formula is C14H25N3O2. The average molecular weight is 267 g/mol. The molecule has 108 valence electrons. The highest BCUT2D eigenvalue weighted by atomic mass is 16.5. The van der Waals surface area contributed by atoms with Crippen LogP contribution >= 0.6 is 0 Å². The number of hydrogen-bond acceptors (Lipinski definition) is 4. The van der Waals surface area contributed by atoms with E-state index >= 15 is 0 Å². The highest BCUT2D eigenvalue weighted by Gasteiger charge is 2.23. The summed E-state index contributed by atoms with van der Waals surface area (Å²) in [5, 5.41) is 7.82. The Morgan fingerprint density at radius 2 is 2.37 bits per heavy atom. The van der Waals surface area contributed by atoms with Crippen LogP contribution in [-0.4, -0.2) is 42.2 Å². The Balaban J connectivity index is 1.83. The van der Waals surface area contributed by atoms with Gasteiger partial charge in [0.1, 0.15) is 0 Å². The fraction of sp³-hybridized carbons (Fsp3) is 0.786. The molecule has 2 atom stereocenters. The van der Waals surface area contributed by atoms with Crippen molar-refractivity contribution in [3.05, 3.63) is 17.5 Å². The normalized spacial score (nSPS) is 23.1. The van der Waals surface area contributed by atoms with Crippen LogP contribution in [0.5, 0.6) is 0 Å². The Morgan fingerprint density at radius 1 is 1.53 bits per heavy atom. The number of hydrogen-bond donors (Lipinski definition) is 1. The third-order valence-corrected chi connectivity index (χ3v) is 3.70. The monoisotopic (exact) mass is 267 g/mol. The summed E-state index contributed by atoms with van der Waals surface area (Å²) in [7, 11) is 1.72. The van der Waals surface area contributed by atoms with Gasteiger partial charge in [0.15, 0.2) is 0 Å². The Kier molecular flexibility index (Phi) is 5.36. The van der Waals surface area contributed by atoms with E-state index in [1.165, 1.54) is 11.3 Å². The maximum atomic E-state index is 5.85. The smallest absolute Gasteiger partial charge is 0.0775 e. The molecule has 1 N–H and O–H groups in total. The first-order valence-electron chi connectivity index (χ1n) is 7.07. The highest BCUT2D eigenvalue weighted by molar-refractivity contribution is 5.15. The molecule has 1 saturated heterocycles. The van der Waals surface area contributed by atoms with Crippen molar-refractivity contribution in [3.8, 4) is 0 Å². The van der Waals surface area contributed by atoms with Crippen molar-refractivity contribution in [2.24, 2.45) is 0 Å². The highest BCUT2D eigenvalue weighted by Crippen LogP contribution is 2.21. The van der Waals surface area contributed by atoms with Crippen LogP contribution in [0.1, 0.15) is 31.0 Å². The predicted octanol–water partition coefficient (Wildman–Crippen LogP) is 1.50. The molecule has 1 aromatic rings. The van der Waals surface area contributed by atoms with Gasteiger partial charge in [-0.15, -0.1) is 0 Å². The maximum Gasteiger partial charge on any atom is 0.0775 e. The number of nitrogens with one attached hydrogen (secondary N) is 1. The molecule has 0 spiro atoms. The molecule has 1 aliphatic rings. The van der Waals surface area contributed by atoms with Gasteiger partial charge in [-0.05, 0) is 26.7 Å². The van der Waals surface area contributed by atoms with E-state index in [1.54, 1.807) is 7.11 Å². The van der Waals surface area contributed by atoms with Gasteiger partial charge >= 0.3 is 0 Å². The lowest BCUT2D eigenvalue weighted by Gasteiger charge is -2.13. The molecule has 0 radical (unpaired) electrons. The van der Waals surface area contributed by atoms with E-state index in [0.29, 0.717) is 12.2 Å². The molecule has 0 bridgehead atoms. The van der Waals surface area contributed by atoms with Crippen LogP contribution in [0, 0.1) is 6.92 Å². The minimum Gasteiger partial charge on any atom is -0.383 e. The van der Waals surface area contributed by atoms with Crippen molar-refractivity contribution in [2.75, 3.05) is 20.3 Å². The van der Waals surface area contributed by atoms with Crippen molar-refractivity contribution in [3.63, 3.8) is 0 Å². The summed E-state index contributed by atoms with van der Waals surface area (Å²) < 4.78 is 12.9. The summed E-state index contributed by atoms with van der Waals surface area (Å²) in [6, 6.07) is 0. The summed E-state index contributed by atoms with van der Waals surface area (Å²) in [5.74, 6) is 0. The van der Waals surface area contributed by atoms with Gasteiger partial charge in [-0.25, -0.2) is 0 Å². The van der Waals surface area contributed by atoms with Gasteiger partial charge < -0.3 is 14.8 Å². The third kappa shape index (κ3) is 4.03. The van der Waals surface area contributed by atoms with E-state index in [-0.39, 0.29) is 0 Å². The van der Waals surface area contributed by atoms with E-state index in [4.69, 9.17) is 9.47 Å². The molecule has 0 aromatic carbocycles. The number of aromatic nitrogens is 2. The average Bonchev–Trinajstić information content (AvgIpc) is 2.95. The first-order valence-corrected chi connectivity index (χ1v) is 7.07. The Bertz CT molecular complexity index is 392. The predicted molar refractivity (Wildman–Crippen MR) is 74.1 cm³/mol. The summed E-state index contributed by atoms with van der Waals surface area (Å²) in [5.41, 5.74) is 2.48. The van der Waals surface area contributed by atoms with Crippen molar-refractivity contribution < 1.29 is 9.47 Å². The maximum absolute atomic E-state index is 5.85. The zero-order valence-corrected chi connectivity index (χ0v) is 12.2. The van der Waals surface area contributed by atoms with Crippen LogP contribution in [-0.2, 0) is 22.6 Å². The molecule has 0 aliphatic carbocycles. The first-order chi connectivity index (χ1) is 9.20. The molecule has 5 heteroatoms. The fourth-order valence-corrected chi connectivity index (χ4v) is 2.45. The van der Waals surface area contributed by atoms with Crippen LogP contribution in [0.2, 0.25) is 0 Å². The van der Waals surface area contributed by atoms with Crippen LogP contribution < -0.4 is 5.32 Å². The molecule has 2 heterocycles. The standard InChI is InChI=1S/C14H25N3O2/c1-11-4-5-14(19-11)10-17-12(2)13(9-16-17)8-15-6-7-18-3/h9,11,14-15H,4-8,10H2,1-3H3. The van der Waals surface area contributed by atoms with Gasteiger partial charge in [-0.1, -0.05) is 0 Å². The first kappa shape index (κ1) is 14.5. The molecule has 2 rings (SSSR count). The second-order valence-electron chi connectivity index (χ2n) is 5.25. The molecule has 0 saturated carbocycles. The van der Waals surface area contributed by atoms with E-state index < -0.39 is 0 Å². The van der Waals surface area contributed by atoms with Crippen LogP contribution in [0.25, 0.3) is 0 Å². The fourth-order valence-electron chi connectivity index (χ4n) is 2.45. The SMILES string of the molecule is COCCNCc1cnn(CC2CCC(C)O2)c1C. The van der Waals surface area contributed by atoms with Crippen molar-refractivity contribution in [1.29, 1.82) is 0 Å². The van der Waals surface area contributed by atoms with Crippen molar-refractivity contribution >= 4 is 0 Å². The Morgan fingerprint density at radius 3 is 3.05 bits per heavy atom. The minimum absolute atomic E-state index is 0.322. The minimum atomic E-state index is 0.322. The quantitative estimate of drug-likeness (QED) is 0.761. The van der Waals surface area contributed by atoms with Crippen LogP contribution in [0.4, 0.5) is 0 Å². The lowest BCUT2D eigenvalue weighted by atomic mass is 10.2. The molecule has 2 unspecified atom stereocenters. The number of rotatable bonds is 7. The van der Waals surface area contributed by atoms with Gasteiger partial charge in [0.2, 0.25) is 0 Å². The Hall–Kier alpha value is -0.910. The second kappa shape index (κ2) is 7.03. The molecule has 1 aromatic heterocycles. The topological polar surface area (TPSA) is 48.3 Å².